The van der Waals surface area contributed by atoms with E-state index >= 15 is 0 Å². The number of rotatable bonds is 3. The normalized spacial score (nSPS) is 10.6. The highest BCUT2D eigenvalue weighted by Gasteiger charge is 2.03. The van der Waals surface area contributed by atoms with Gasteiger partial charge < -0.3 is 0 Å². The third kappa shape index (κ3) is 3.20. The van der Waals surface area contributed by atoms with E-state index in [2.05, 4.69) is 86.6 Å². The summed E-state index contributed by atoms with van der Waals surface area (Å²) < 4.78 is 0. The SMILES string of the molecule is Cc1ccccc1Sc1ccc(-c2ccccc2C)cc1. The van der Waals surface area contributed by atoms with Gasteiger partial charge in [-0.05, 0) is 54.3 Å². The van der Waals surface area contributed by atoms with Crippen LogP contribution < -0.4 is 0 Å². The van der Waals surface area contributed by atoms with Gasteiger partial charge in [0.15, 0.2) is 0 Å². The number of hydrogen-bond donors (Lipinski definition) is 0. The predicted molar refractivity (Wildman–Crippen MR) is 91.9 cm³/mol. The van der Waals surface area contributed by atoms with Gasteiger partial charge >= 0.3 is 0 Å². The maximum absolute atomic E-state index is 2.21. The van der Waals surface area contributed by atoms with Gasteiger partial charge in [0.1, 0.15) is 0 Å². The minimum absolute atomic E-state index is 1.28. The Labute approximate surface area is 130 Å². The molecule has 0 fully saturated rings. The molecule has 0 aliphatic carbocycles. The highest BCUT2D eigenvalue weighted by Crippen LogP contribution is 2.32. The molecule has 0 radical (unpaired) electrons. The Bertz CT molecular complexity index is 742. The molecular formula is C20H18S. The van der Waals surface area contributed by atoms with Crippen LogP contribution >= 0.6 is 11.8 Å². The summed E-state index contributed by atoms with van der Waals surface area (Å²) in [5.74, 6) is 0. The van der Waals surface area contributed by atoms with Crippen LogP contribution in [0.2, 0.25) is 0 Å². The summed E-state index contributed by atoms with van der Waals surface area (Å²) in [6.07, 6.45) is 0. The molecule has 3 aromatic carbocycles. The van der Waals surface area contributed by atoms with Crippen LogP contribution in [0.5, 0.6) is 0 Å². The fraction of sp³-hybridized carbons (Fsp3) is 0.100. The first-order chi connectivity index (χ1) is 10.2. The lowest BCUT2D eigenvalue weighted by Crippen LogP contribution is -1.83. The monoisotopic (exact) mass is 290 g/mol. The fourth-order valence-corrected chi connectivity index (χ4v) is 3.30. The molecule has 3 rings (SSSR count). The van der Waals surface area contributed by atoms with Crippen LogP contribution in [-0.4, -0.2) is 0 Å². The molecule has 0 amide bonds. The van der Waals surface area contributed by atoms with E-state index in [9.17, 15) is 0 Å². The molecular weight excluding hydrogens is 272 g/mol. The van der Waals surface area contributed by atoms with E-state index in [1.165, 1.54) is 32.0 Å². The van der Waals surface area contributed by atoms with Crippen molar-refractivity contribution < 1.29 is 0 Å². The van der Waals surface area contributed by atoms with Crippen LogP contribution in [0.1, 0.15) is 11.1 Å². The molecule has 0 atom stereocenters. The quantitative estimate of drug-likeness (QED) is 0.560. The molecule has 0 aromatic heterocycles. The van der Waals surface area contributed by atoms with Gasteiger partial charge in [0, 0.05) is 9.79 Å². The van der Waals surface area contributed by atoms with E-state index in [4.69, 9.17) is 0 Å². The molecule has 0 aliphatic heterocycles. The standard InChI is InChI=1S/C20H18S/c1-15-7-3-5-9-19(15)17-11-13-18(14-12-17)21-20-10-6-4-8-16(20)2/h3-14H,1-2H3. The Hall–Kier alpha value is -1.99. The number of aryl methyl sites for hydroxylation is 2. The lowest BCUT2D eigenvalue weighted by molar-refractivity contribution is 1.29. The second-order valence-corrected chi connectivity index (χ2v) is 6.32. The Morgan fingerprint density at radius 3 is 1.90 bits per heavy atom. The van der Waals surface area contributed by atoms with Crippen LogP contribution in [0.25, 0.3) is 11.1 Å². The molecule has 1 heteroatoms. The van der Waals surface area contributed by atoms with Crippen LogP contribution in [0.4, 0.5) is 0 Å². The molecule has 21 heavy (non-hydrogen) atoms. The number of hydrogen-bond acceptors (Lipinski definition) is 1. The van der Waals surface area contributed by atoms with Gasteiger partial charge in [-0.1, -0.05) is 66.4 Å². The third-order valence-corrected chi connectivity index (χ3v) is 4.82. The minimum Gasteiger partial charge on any atom is -0.0898 e. The first-order valence-electron chi connectivity index (χ1n) is 7.13. The van der Waals surface area contributed by atoms with Crippen molar-refractivity contribution in [3.8, 4) is 11.1 Å². The van der Waals surface area contributed by atoms with E-state index in [0.717, 1.165) is 0 Å². The van der Waals surface area contributed by atoms with Crippen molar-refractivity contribution >= 4 is 11.8 Å². The van der Waals surface area contributed by atoms with E-state index in [1.54, 1.807) is 0 Å². The van der Waals surface area contributed by atoms with Crippen LogP contribution in [0, 0.1) is 13.8 Å². The van der Waals surface area contributed by atoms with Crippen molar-refractivity contribution in [2.24, 2.45) is 0 Å². The van der Waals surface area contributed by atoms with Crippen molar-refractivity contribution in [3.05, 3.63) is 83.9 Å². The summed E-state index contributed by atoms with van der Waals surface area (Å²) in [5.41, 5.74) is 5.23. The van der Waals surface area contributed by atoms with Gasteiger partial charge in [0.05, 0.1) is 0 Å². The zero-order valence-electron chi connectivity index (χ0n) is 12.3. The molecule has 0 unspecified atom stereocenters. The summed E-state index contributed by atoms with van der Waals surface area (Å²) in [6, 6.07) is 25.9. The van der Waals surface area contributed by atoms with Gasteiger partial charge in [-0.3, -0.25) is 0 Å². The van der Waals surface area contributed by atoms with Gasteiger partial charge in [-0.15, -0.1) is 0 Å². The van der Waals surface area contributed by atoms with E-state index in [1.807, 2.05) is 11.8 Å². The van der Waals surface area contributed by atoms with Crippen LogP contribution in [0.15, 0.2) is 82.6 Å². The Morgan fingerprint density at radius 2 is 1.24 bits per heavy atom. The molecule has 0 bridgehead atoms. The lowest BCUT2D eigenvalue weighted by atomic mass is 10.0. The smallest absolute Gasteiger partial charge is 0.0151 e. The van der Waals surface area contributed by atoms with E-state index in [0.29, 0.717) is 0 Å². The molecule has 0 heterocycles. The summed E-state index contributed by atoms with van der Waals surface area (Å²) in [7, 11) is 0. The minimum atomic E-state index is 1.28. The highest BCUT2D eigenvalue weighted by molar-refractivity contribution is 7.99. The summed E-state index contributed by atoms with van der Waals surface area (Å²) in [4.78, 5) is 2.60. The zero-order valence-corrected chi connectivity index (χ0v) is 13.2. The topological polar surface area (TPSA) is 0 Å². The van der Waals surface area contributed by atoms with E-state index < -0.39 is 0 Å². The van der Waals surface area contributed by atoms with Crippen LogP contribution in [-0.2, 0) is 0 Å². The Balaban J connectivity index is 1.85. The van der Waals surface area contributed by atoms with Gasteiger partial charge in [0.25, 0.3) is 0 Å². The van der Waals surface area contributed by atoms with Crippen molar-refractivity contribution in [2.45, 2.75) is 23.6 Å². The lowest BCUT2D eigenvalue weighted by Gasteiger charge is -2.08. The molecule has 0 spiro atoms. The van der Waals surface area contributed by atoms with Crippen molar-refractivity contribution in [2.75, 3.05) is 0 Å². The van der Waals surface area contributed by atoms with Crippen molar-refractivity contribution in [1.82, 2.24) is 0 Å². The third-order valence-electron chi connectivity index (χ3n) is 3.63. The first kappa shape index (κ1) is 14.0. The molecule has 0 N–H and O–H groups in total. The predicted octanol–water partition coefficient (Wildman–Crippen LogP) is 6.12. The average molecular weight is 290 g/mol. The zero-order chi connectivity index (χ0) is 14.7. The first-order valence-corrected chi connectivity index (χ1v) is 7.95. The average Bonchev–Trinajstić information content (AvgIpc) is 2.51. The van der Waals surface area contributed by atoms with Crippen molar-refractivity contribution in [3.63, 3.8) is 0 Å². The van der Waals surface area contributed by atoms with Gasteiger partial charge in [-0.25, -0.2) is 0 Å². The largest absolute Gasteiger partial charge is 0.0898 e. The van der Waals surface area contributed by atoms with Crippen molar-refractivity contribution in [1.29, 1.82) is 0 Å². The summed E-state index contributed by atoms with van der Waals surface area (Å²) in [6.45, 7) is 4.31. The van der Waals surface area contributed by atoms with Crippen LogP contribution in [0.3, 0.4) is 0 Å². The summed E-state index contributed by atoms with van der Waals surface area (Å²) >= 11 is 1.82. The maximum atomic E-state index is 2.21. The molecule has 104 valence electrons. The summed E-state index contributed by atoms with van der Waals surface area (Å²) in [5, 5.41) is 0. The molecule has 3 aromatic rings. The molecule has 0 saturated carbocycles. The van der Waals surface area contributed by atoms with Gasteiger partial charge in [-0.2, -0.15) is 0 Å². The Morgan fingerprint density at radius 1 is 0.619 bits per heavy atom. The second kappa shape index (κ2) is 6.19. The molecule has 0 nitrogen and oxygen atoms in total. The second-order valence-electron chi connectivity index (χ2n) is 5.21. The highest BCUT2D eigenvalue weighted by atomic mass is 32.2. The molecule has 0 saturated heterocycles. The molecule has 0 aliphatic rings. The number of benzene rings is 3. The van der Waals surface area contributed by atoms with E-state index in [-0.39, 0.29) is 0 Å². The maximum Gasteiger partial charge on any atom is 0.0151 e. The fourth-order valence-electron chi connectivity index (χ4n) is 2.40. The Kier molecular flexibility index (Phi) is 4.12. The van der Waals surface area contributed by atoms with Gasteiger partial charge in [0.2, 0.25) is 0 Å².